The SMILES string of the molecule is O=C(Cc1cccs1)Oc1ccc(C(=O)c2ccccc2)cc1. The Balaban J connectivity index is 1.65. The highest BCUT2D eigenvalue weighted by Crippen LogP contribution is 2.17. The normalized spacial score (nSPS) is 10.3. The van der Waals surface area contributed by atoms with Gasteiger partial charge in [0, 0.05) is 16.0 Å². The minimum absolute atomic E-state index is 0.0536. The Morgan fingerprint density at radius 1 is 0.826 bits per heavy atom. The van der Waals surface area contributed by atoms with Gasteiger partial charge in [-0.05, 0) is 35.7 Å². The average Bonchev–Trinajstić information content (AvgIpc) is 3.08. The van der Waals surface area contributed by atoms with E-state index in [1.54, 1.807) is 36.4 Å². The second-order valence-corrected chi connectivity index (χ2v) is 5.98. The van der Waals surface area contributed by atoms with Crippen molar-refractivity contribution in [1.82, 2.24) is 0 Å². The summed E-state index contributed by atoms with van der Waals surface area (Å²) >= 11 is 1.52. The van der Waals surface area contributed by atoms with E-state index in [2.05, 4.69) is 0 Å². The zero-order chi connectivity index (χ0) is 16.1. The largest absolute Gasteiger partial charge is 0.426 e. The van der Waals surface area contributed by atoms with Gasteiger partial charge in [0.25, 0.3) is 0 Å². The molecule has 0 amide bonds. The third-order valence-corrected chi connectivity index (χ3v) is 4.16. The number of carbonyl (C=O) groups excluding carboxylic acids is 2. The number of thiophene rings is 1. The molecule has 3 nitrogen and oxygen atoms in total. The molecular weight excluding hydrogens is 308 g/mol. The van der Waals surface area contributed by atoms with Crippen molar-refractivity contribution < 1.29 is 14.3 Å². The van der Waals surface area contributed by atoms with Gasteiger partial charge in [-0.2, -0.15) is 0 Å². The molecule has 0 atom stereocenters. The van der Waals surface area contributed by atoms with Gasteiger partial charge in [-0.25, -0.2) is 0 Å². The van der Waals surface area contributed by atoms with E-state index in [0.717, 1.165) is 4.88 Å². The van der Waals surface area contributed by atoms with Crippen LogP contribution in [0.4, 0.5) is 0 Å². The Morgan fingerprint density at radius 3 is 2.17 bits per heavy atom. The van der Waals surface area contributed by atoms with Gasteiger partial charge in [0.2, 0.25) is 0 Å². The minimum Gasteiger partial charge on any atom is -0.426 e. The fourth-order valence-electron chi connectivity index (χ4n) is 2.15. The van der Waals surface area contributed by atoms with Crippen LogP contribution in [0.15, 0.2) is 72.1 Å². The van der Waals surface area contributed by atoms with Crippen molar-refractivity contribution in [3.8, 4) is 5.75 Å². The molecule has 0 fully saturated rings. The van der Waals surface area contributed by atoms with E-state index < -0.39 is 0 Å². The molecule has 0 saturated heterocycles. The second-order valence-electron chi connectivity index (χ2n) is 4.95. The molecule has 0 aliphatic rings. The lowest BCUT2D eigenvalue weighted by atomic mass is 10.0. The fourth-order valence-corrected chi connectivity index (χ4v) is 2.84. The van der Waals surface area contributed by atoms with Crippen LogP contribution in [0, 0.1) is 0 Å². The van der Waals surface area contributed by atoms with Crippen LogP contribution in [-0.2, 0) is 11.2 Å². The number of ketones is 1. The molecule has 4 heteroatoms. The van der Waals surface area contributed by atoms with E-state index in [1.165, 1.54) is 11.3 Å². The highest BCUT2D eigenvalue weighted by atomic mass is 32.1. The standard InChI is InChI=1S/C19H14O3S/c20-18(13-17-7-4-12-23-17)22-16-10-8-15(9-11-16)19(21)14-5-2-1-3-6-14/h1-12H,13H2. The van der Waals surface area contributed by atoms with Gasteiger partial charge >= 0.3 is 5.97 Å². The molecule has 0 N–H and O–H groups in total. The molecule has 3 rings (SSSR count). The summed E-state index contributed by atoms with van der Waals surface area (Å²) in [7, 11) is 0. The number of esters is 1. The first kappa shape index (κ1) is 15.2. The summed E-state index contributed by atoms with van der Waals surface area (Å²) in [5.41, 5.74) is 1.20. The van der Waals surface area contributed by atoms with E-state index in [4.69, 9.17) is 4.74 Å². The molecule has 0 bridgehead atoms. The Labute approximate surface area is 138 Å². The maximum atomic E-state index is 12.3. The molecule has 0 unspecified atom stereocenters. The van der Waals surface area contributed by atoms with E-state index in [0.29, 0.717) is 16.9 Å². The van der Waals surface area contributed by atoms with Gasteiger partial charge in [0.05, 0.1) is 6.42 Å². The molecule has 114 valence electrons. The van der Waals surface area contributed by atoms with E-state index in [1.807, 2.05) is 35.7 Å². The van der Waals surface area contributed by atoms with Gasteiger partial charge in [0.1, 0.15) is 5.75 Å². The van der Waals surface area contributed by atoms with Crippen molar-refractivity contribution in [2.75, 3.05) is 0 Å². The third kappa shape index (κ3) is 3.93. The van der Waals surface area contributed by atoms with Crippen LogP contribution in [0.2, 0.25) is 0 Å². The topological polar surface area (TPSA) is 43.4 Å². The van der Waals surface area contributed by atoms with Crippen molar-refractivity contribution in [3.63, 3.8) is 0 Å². The molecule has 0 saturated carbocycles. The van der Waals surface area contributed by atoms with Crippen molar-refractivity contribution in [3.05, 3.63) is 88.1 Å². The minimum atomic E-state index is -0.311. The van der Waals surface area contributed by atoms with Crippen LogP contribution in [0.25, 0.3) is 0 Å². The number of hydrogen-bond donors (Lipinski definition) is 0. The Hall–Kier alpha value is -2.72. The van der Waals surface area contributed by atoms with Crippen LogP contribution in [0.1, 0.15) is 20.8 Å². The van der Waals surface area contributed by atoms with Gasteiger partial charge in [-0.15, -0.1) is 11.3 Å². The number of hydrogen-bond acceptors (Lipinski definition) is 4. The molecule has 0 spiro atoms. The van der Waals surface area contributed by atoms with Crippen molar-refractivity contribution >= 4 is 23.1 Å². The van der Waals surface area contributed by atoms with Crippen LogP contribution in [0.5, 0.6) is 5.75 Å². The van der Waals surface area contributed by atoms with Gasteiger partial charge < -0.3 is 4.74 Å². The lowest BCUT2D eigenvalue weighted by Crippen LogP contribution is -2.10. The highest BCUT2D eigenvalue weighted by Gasteiger charge is 2.10. The van der Waals surface area contributed by atoms with Crippen molar-refractivity contribution in [1.29, 1.82) is 0 Å². The average molecular weight is 322 g/mol. The molecular formula is C19H14O3S. The lowest BCUT2D eigenvalue weighted by molar-refractivity contribution is -0.133. The molecule has 2 aromatic carbocycles. The summed E-state index contributed by atoms with van der Waals surface area (Å²) in [5.74, 6) is 0.0767. The predicted octanol–water partition coefficient (Wildman–Crippen LogP) is 4.13. The van der Waals surface area contributed by atoms with Crippen LogP contribution in [-0.4, -0.2) is 11.8 Å². The van der Waals surface area contributed by atoms with Gasteiger partial charge in [-0.3, -0.25) is 9.59 Å². The first-order valence-electron chi connectivity index (χ1n) is 7.15. The third-order valence-electron chi connectivity index (χ3n) is 3.28. The van der Waals surface area contributed by atoms with Crippen LogP contribution >= 0.6 is 11.3 Å². The first-order valence-corrected chi connectivity index (χ1v) is 8.03. The summed E-state index contributed by atoms with van der Waals surface area (Å²) in [6, 6.07) is 19.5. The summed E-state index contributed by atoms with van der Waals surface area (Å²) in [6.45, 7) is 0. The maximum Gasteiger partial charge on any atom is 0.316 e. The number of ether oxygens (including phenoxy) is 1. The second kappa shape index (κ2) is 7.03. The summed E-state index contributed by atoms with van der Waals surface area (Å²) in [6.07, 6.45) is 0.252. The van der Waals surface area contributed by atoms with Crippen LogP contribution < -0.4 is 4.74 Å². The van der Waals surface area contributed by atoms with E-state index in [-0.39, 0.29) is 18.2 Å². The summed E-state index contributed by atoms with van der Waals surface area (Å²) in [5, 5.41) is 1.92. The van der Waals surface area contributed by atoms with Gasteiger partial charge in [-0.1, -0.05) is 36.4 Å². The fraction of sp³-hybridized carbons (Fsp3) is 0.0526. The lowest BCUT2D eigenvalue weighted by Gasteiger charge is -2.05. The number of rotatable bonds is 5. The zero-order valence-corrected chi connectivity index (χ0v) is 13.1. The quantitative estimate of drug-likeness (QED) is 0.403. The Morgan fingerprint density at radius 2 is 1.52 bits per heavy atom. The molecule has 3 aromatic rings. The first-order chi connectivity index (χ1) is 11.2. The van der Waals surface area contributed by atoms with Crippen molar-refractivity contribution in [2.45, 2.75) is 6.42 Å². The Kier molecular flexibility index (Phi) is 4.64. The molecule has 23 heavy (non-hydrogen) atoms. The van der Waals surface area contributed by atoms with Crippen LogP contribution in [0.3, 0.4) is 0 Å². The molecule has 1 heterocycles. The molecule has 1 aromatic heterocycles. The van der Waals surface area contributed by atoms with E-state index >= 15 is 0 Å². The molecule has 0 radical (unpaired) electrons. The molecule has 0 aliphatic carbocycles. The summed E-state index contributed by atoms with van der Waals surface area (Å²) in [4.78, 5) is 25.1. The predicted molar refractivity (Wildman–Crippen MR) is 90.0 cm³/mol. The Bertz CT molecular complexity index is 790. The number of benzene rings is 2. The van der Waals surface area contributed by atoms with E-state index in [9.17, 15) is 9.59 Å². The smallest absolute Gasteiger partial charge is 0.316 e. The number of carbonyl (C=O) groups is 2. The monoisotopic (exact) mass is 322 g/mol. The maximum absolute atomic E-state index is 12.3. The summed E-state index contributed by atoms with van der Waals surface area (Å²) < 4.78 is 5.28. The highest BCUT2D eigenvalue weighted by molar-refractivity contribution is 7.10. The van der Waals surface area contributed by atoms with Crippen molar-refractivity contribution in [2.24, 2.45) is 0 Å². The molecule has 0 aliphatic heterocycles. The zero-order valence-electron chi connectivity index (χ0n) is 12.3. The van der Waals surface area contributed by atoms with Gasteiger partial charge in [0.15, 0.2) is 5.78 Å².